The van der Waals surface area contributed by atoms with E-state index in [4.69, 9.17) is 5.84 Å². The molecule has 1 rings (SSSR count). The van der Waals surface area contributed by atoms with E-state index in [1.54, 1.807) is 0 Å². The smallest absolute Gasteiger partial charge is 0.0645 e. The summed E-state index contributed by atoms with van der Waals surface area (Å²) in [6, 6.07) is 0. The van der Waals surface area contributed by atoms with Crippen LogP contribution in [0.5, 0.6) is 0 Å². The molecule has 1 aliphatic heterocycles. The lowest BCUT2D eigenvalue weighted by Crippen LogP contribution is -2.44. The second-order valence-corrected chi connectivity index (χ2v) is 5.66. The van der Waals surface area contributed by atoms with Gasteiger partial charge in [-0.1, -0.05) is 13.8 Å². The molecule has 0 aromatic rings. The topological polar surface area (TPSA) is 55.5 Å². The highest BCUT2D eigenvalue weighted by molar-refractivity contribution is 7.95. The number of rotatable bonds is 0. The first-order valence-electron chi connectivity index (χ1n) is 2.89. The van der Waals surface area contributed by atoms with Crippen LogP contribution in [0.15, 0.2) is 4.47 Å². The molecule has 0 amide bonds. The highest BCUT2D eigenvalue weighted by atomic mass is 32.2. The van der Waals surface area contributed by atoms with Gasteiger partial charge in [-0.2, -0.15) is 4.47 Å². The molecule has 0 aliphatic carbocycles. The third-order valence-electron chi connectivity index (χ3n) is 1.42. The molecule has 1 aliphatic rings. The van der Waals surface area contributed by atoms with Gasteiger partial charge in [-0.15, -0.1) is 0 Å². The van der Waals surface area contributed by atoms with Gasteiger partial charge in [-0.25, -0.2) is 10.1 Å². The lowest BCUT2D eigenvalue weighted by molar-refractivity contribution is 0.434. The Morgan fingerprint density at radius 2 is 2.00 bits per heavy atom. The minimum Gasteiger partial charge on any atom is -0.248 e. The predicted molar refractivity (Wildman–Crippen MR) is 38.3 cm³/mol. The number of hydrogen-bond acceptors (Lipinski definition) is 2. The third kappa shape index (κ3) is 1.24. The molecule has 2 N–H and O–H groups in total. The molecule has 1 saturated heterocycles. The van der Waals surface area contributed by atoms with Crippen molar-refractivity contribution in [2.45, 2.75) is 13.8 Å². The van der Waals surface area contributed by atoms with Crippen molar-refractivity contribution in [2.75, 3.05) is 11.5 Å². The summed E-state index contributed by atoms with van der Waals surface area (Å²) < 4.78 is 14.5. The molecule has 0 spiro atoms. The summed E-state index contributed by atoms with van der Waals surface area (Å²) in [6.07, 6.45) is 0. The van der Waals surface area contributed by atoms with Gasteiger partial charge in [-0.05, 0) is 5.41 Å². The van der Waals surface area contributed by atoms with E-state index in [0.29, 0.717) is 11.5 Å². The van der Waals surface area contributed by atoms with Crippen molar-refractivity contribution >= 4 is 9.73 Å². The molecule has 4 heteroatoms. The van der Waals surface area contributed by atoms with Gasteiger partial charge in [0.05, 0.1) is 9.73 Å². The van der Waals surface area contributed by atoms with Gasteiger partial charge < -0.3 is 0 Å². The first-order valence-corrected chi connectivity index (χ1v) is 4.75. The van der Waals surface area contributed by atoms with Gasteiger partial charge in [-0.3, -0.25) is 0 Å². The molecular formula is C5H12N2OS. The molecule has 0 aromatic heterocycles. The maximum absolute atomic E-state index is 11.1. The second-order valence-electron chi connectivity index (χ2n) is 3.33. The Morgan fingerprint density at radius 1 is 1.56 bits per heavy atom. The average molecular weight is 148 g/mol. The average Bonchev–Trinajstić information content (AvgIpc) is 1.61. The summed E-state index contributed by atoms with van der Waals surface area (Å²) in [5.41, 5.74) is 0.208. The quantitative estimate of drug-likeness (QED) is 0.398. The summed E-state index contributed by atoms with van der Waals surface area (Å²) in [6.45, 7) is 4.14. The molecule has 0 atom stereocenters. The van der Waals surface area contributed by atoms with Gasteiger partial charge in [0.15, 0.2) is 0 Å². The first kappa shape index (κ1) is 7.02. The molecule has 0 unspecified atom stereocenters. The first-order chi connectivity index (χ1) is 3.97. The highest BCUT2D eigenvalue weighted by Crippen LogP contribution is 2.32. The van der Waals surface area contributed by atoms with E-state index >= 15 is 0 Å². The summed E-state index contributed by atoms with van der Waals surface area (Å²) in [7, 11) is -1.93. The minimum atomic E-state index is -1.93. The molecule has 1 heterocycles. The van der Waals surface area contributed by atoms with Gasteiger partial charge in [0, 0.05) is 11.5 Å². The summed E-state index contributed by atoms with van der Waals surface area (Å²) >= 11 is 0. The molecule has 1 fully saturated rings. The number of nitrogens with two attached hydrogens (primary N) is 1. The summed E-state index contributed by atoms with van der Waals surface area (Å²) in [5, 5.41) is 0. The van der Waals surface area contributed by atoms with Crippen molar-refractivity contribution in [3.8, 4) is 0 Å². The second kappa shape index (κ2) is 1.70. The zero-order valence-electron chi connectivity index (χ0n) is 5.76. The molecule has 0 saturated carbocycles. The molecular weight excluding hydrogens is 136 g/mol. The van der Waals surface area contributed by atoms with Crippen molar-refractivity contribution in [2.24, 2.45) is 15.7 Å². The SMILES string of the molecule is CC1(C)CS(=O)(=NN)C1. The Bertz CT molecular complexity index is 211. The maximum atomic E-state index is 11.1. The predicted octanol–water partition coefficient (Wildman–Crippen LogP) is 0.368. The number of nitrogens with zero attached hydrogens (tertiary/aromatic N) is 1. The van der Waals surface area contributed by atoms with Crippen LogP contribution in [0.3, 0.4) is 0 Å². The lowest BCUT2D eigenvalue weighted by Gasteiger charge is -2.36. The van der Waals surface area contributed by atoms with Crippen molar-refractivity contribution in [1.29, 1.82) is 0 Å². The Hall–Kier alpha value is -0.0900. The van der Waals surface area contributed by atoms with E-state index in [1.165, 1.54) is 0 Å². The van der Waals surface area contributed by atoms with Crippen LogP contribution < -0.4 is 5.84 Å². The molecule has 0 bridgehead atoms. The van der Waals surface area contributed by atoms with Crippen LogP contribution in [-0.4, -0.2) is 15.7 Å². The molecule has 3 nitrogen and oxygen atoms in total. The van der Waals surface area contributed by atoms with E-state index in [9.17, 15) is 4.21 Å². The molecule has 0 aromatic carbocycles. The largest absolute Gasteiger partial charge is 0.248 e. The van der Waals surface area contributed by atoms with Crippen LogP contribution in [0.1, 0.15) is 13.8 Å². The lowest BCUT2D eigenvalue weighted by atomic mass is 9.99. The Morgan fingerprint density at radius 3 is 2.11 bits per heavy atom. The summed E-state index contributed by atoms with van der Waals surface area (Å²) in [4.78, 5) is 0. The van der Waals surface area contributed by atoms with E-state index in [1.807, 2.05) is 0 Å². The van der Waals surface area contributed by atoms with E-state index in [0.717, 1.165) is 0 Å². The van der Waals surface area contributed by atoms with Crippen LogP contribution in [0.4, 0.5) is 0 Å². The van der Waals surface area contributed by atoms with Crippen molar-refractivity contribution in [1.82, 2.24) is 0 Å². The highest BCUT2D eigenvalue weighted by Gasteiger charge is 2.38. The van der Waals surface area contributed by atoms with Gasteiger partial charge in [0.2, 0.25) is 0 Å². The fourth-order valence-electron chi connectivity index (χ4n) is 1.25. The Balaban J connectivity index is 2.74. The van der Waals surface area contributed by atoms with Crippen LogP contribution >= 0.6 is 0 Å². The van der Waals surface area contributed by atoms with E-state index in [-0.39, 0.29) is 5.41 Å². The van der Waals surface area contributed by atoms with Crippen LogP contribution in [-0.2, 0) is 9.73 Å². The zero-order valence-corrected chi connectivity index (χ0v) is 6.57. The summed E-state index contributed by atoms with van der Waals surface area (Å²) in [5.74, 6) is 6.27. The van der Waals surface area contributed by atoms with Crippen LogP contribution in [0.2, 0.25) is 0 Å². The van der Waals surface area contributed by atoms with Crippen LogP contribution in [0.25, 0.3) is 0 Å². The van der Waals surface area contributed by atoms with Crippen LogP contribution in [0, 0.1) is 5.41 Å². The zero-order chi connectivity index (χ0) is 7.12. The Labute approximate surface area is 55.8 Å². The molecule has 54 valence electrons. The van der Waals surface area contributed by atoms with Crippen molar-refractivity contribution in [3.63, 3.8) is 0 Å². The van der Waals surface area contributed by atoms with Crippen molar-refractivity contribution < 1.29 is 4.21 Å². The minimum absolute atomic E-state index is 0.208. The maximum Gasteiger partial charge on any atom is 0.0645 e. The molecule has 0 radical (unpaired) electrons. The van der Waals surface area contributed by atoms with Gasteiger partial charge in [0.25, 0.3) is 0 Å². The fourth-order valence-corrected chi connectivity index (χ4v) is 3.76. The monoisotopic (exact) mass is 148 g/mol. The van der Waals surface area contributed by atoms with E-state index < -0.39 is 9.73 Å². The van der Waals surface area contributed by atoms with E-state index in [2.05, 4.69) is 18.3 Å². The third-order valence-corrected chi connectivity index (χ3v) is 4.27. The molecule has 9 heavy (non-hydrogen) atoms. The number of hydrogen-bond donors (Lipinski definition) is 1. The standard InChI is InChI=1S/C5H12N2OS/c1-5(2)3-9(8,4-5)7-6/h3-4,6H2,1-2H3. The van der Waals surface area contributed by atoms with Crippen molar-refractivity contribution in [3.05, 3.63) is 0 Å². The van der Waals surface area contributed by atoms with Gasteiger partial charge in [0.1, 0.15) is 0 Å². The van der Waals surface area contributed by atoms with Gasteiger partial charge >= 0.3 is 0 Å². The normalized spacial score (nSPS) is 28.8. The fraction of sp³-hybridized carbons (Fsp3) is 1.00. The Kier molecular flexibility index (Phi) is 1.33.